The van der Waals surface area contributed by atoms with Gasteiger partial charge in [-0.25, -0.2) is 9.97 Å². The molecule has 0 aromatic carbocycles. The van der Waals surface area contributed by atoms with E-state index in [1.807, 2.05) is 24.4 Å². The SMILES string of the molecule is c1ccc(Cc2ncc3c(n2)CNC3)nc1. The van der Waals surface area contributed by atoms with Crippen molar-refractivity contribution in [1.29, 1.82) is 0 Å². The van der Waals surface area contributed by atoms with E-state index in [-0.39, 0.29) is 0 Å². The highest BCUT2D eigenvalue weighted by molar-refractivity contribution is 5.22. The molecule has 0 amide bonds. The van der Waals surface area contributed by atoms with Gasteiger partial charge in [-0.05, 0) is 12.1 Å². The van der Waals surface area contributed by atoms with E-state index >= 15 is 0 Å². The first-order valence-corrected chi connectivity index (χ1v) is 5.36. The first kappa shape index (κ1) is 9.42. The van der Waals surface area contributed by atoms with Crippen LogP contribution in [0.25, 0.3) is 0 Å². The Hall–Kier alpha value is -1.81. The summed E-state index contributed by atoms with van der Waals surface area (Å²) in [5, 5.41) is 3.26. The Morgan fingerprint density at radius 3 is 3.06 bits per heavy atom. The Morgan fingerprint density at radius 1 is 1.19 bits per heavy atom. The monoisotopic (exact) mass is 212 g/mol. The van der Waals surface area contributed by atoms with Crippen LogP contribution in [-0.4, -0.2) is 15.0 Å². The van der Waals surface area contributed by atoms with Crippen molar-refractivity contribution >= 4 is 0 Å². The quantitative estimate of drug-likeness (QED) is 0.809. The van der Waals surface area contributed by atoms with Crippen molar-refractivity contribution in [3.63, 3.8) is 0 Å². The van der Waals surface area contributed by atoms with Crippen LogP contribution in [0.5, 0.6) is 0 Å². The van der Waals surface area contributed by atoms with Crippen LogP contribution in [0.2, 0.25) is 0 Å². The minimum atomic E-state index is 0.702. The smallest absolute Gasteiger partial charge is 0.134 e. The summed E-state index contributed by atoms with van der Waals surface area (Å²) in [6.07, 6.45) is 4.42. The second-order valence-electron chi connectivity index (χ2n) is 3.86. The van der Waals surface area contributed by atoms with E-state index in [0.29, 0.717) is 6.42 Å². The number of nitrogens with one attached hydrogen (secondary N) is 1. The number of nitrogens with zero attached hydrogens (tertiary/aromatic N) is 3. The molecule has 3 rings (SSSR count). The lowest BCUT2D eigenvalue weighted by Gasteiger charge is -2.01. The topological polar surface area (TPSA) is 50.7 Å². The second kappa shape index (κ2) is 3.98. The minimum Gasteiger partial charge on any atom is -0.307 e. The molecule has 4 nitrogen and oxygen atoms in total. The standard InChI is InChI=1S/C12H12N4/c1-2-4-14-10(3-1)5-12-15-7-9-6-13-8-11(9)16-12/h1-4,7,13H,5-6,8H2. The van der Waals surface area contributed by atoms with Gasteiger partial charge in [0, 0.05) is 36.7 Å². The van der Waals surface area contributed by atoms with Gasteiger partial charge in [-0.1, -0.05) is 6.07 Å². The largest absolute Gasteiger partial charge is 0.307 e. The summed E-state index contributed by atoms with van der Waals surface area (Å²) < 4.78 is 0. The van der Waals surface area contributed by atoms with Gasteiger partial charge in [0.25, 0.3) is 0 Å². The van der Waals surface area contributed by atoms with Gasteiger partial charge in [-0.3, -0.25) is 4.98 Å². The third-order valence-corrected chi connectivity index (χ3v) is 2.68. The van der Waals surface area contributed by atoms with E-state index in [1.165, 1.54) is 5.56 Å². The van der Waals surface area contributed by atoms with Crippen molar-refractivity contribution in [2.24, 2.45) is 0 Å². The number of fused-ring (bicyclic) bond motifs is 1. The van der Waals surface area contributed by atoms with Crippen molar-refractivity contribution in [2.45, 2.75) is 19.5 Å². The predicted molar refractivity (Wildman–Crippen MR) is 59.6 cm³/mol. The molecule has 1 aliphatic heterocycles. The third-order valence-electron chi connectivity index (χ3n) is 2.68. The van der Waals surface area contributed by atoms with Gasteiger partial charge in [0.1, 0.15) is 5.82 Å². The molecule has 2 aromatic rings. The molecular formula is C12H12N4. The lowest BCUT2D eigenvalue weighted by molar-refractivity contribution is 0.756. The van der Waals surface area contributed by atoms with Gasteiger partial charge >= 0.3 is 0 Å². The maximum absolute atomic E-state index is 4.53. The molecule has 0 atom stereocenters. The minimum absolute atomic E-state index is 0.702. The summed E-state index contributed by atoms with van der Waals surface area (Å²) in [6.45, 7) is 1.74. The summed E-state index contributed by atoms with van der Waals surface area (Å²) in [5.74, 6) is 0.848. The van der Waals surface area contributed by atoms with Gasteiger partial charge in [0.15, 0.2) is 0 Å². The van der Waals surface area contributed by atoms with Crippen LogP contribution in [-0.2, 0) is 19.5 Å². The molecule has 3 heterocycles. The Kier molecular flexibility index (Phi) is 2.34. The highest BCUT2D eigenvalue weighted by atomic mass is 15.0. The van der Waals surface area contributed by atoms with Crippen LogP contribution in [0.15, 0.2) is 30.6 Å². The maximum Gasteiger partial charge on any atom is 0.134 e. The highest BCUT2D eigenvalue weighted by Gasteiger charge is 2.12. The zero-order valence-corrected chi connectivity index (χ0v) is 8.85. The molecule has 2 aromatic heterocycles. The second-order valence-corrected chi connectivity index (χ2v) is 3.86. The van der Waals surface area contributed by atoms with Crippen LogP contribution >= 0.6 is 0 Å². The number of rotatable bonds is 2. The van der Waals surface area contributed by atoms with Gasteiger partial charge in [0.2, 0.25) is 0 Å². The molecule has 0 fully saturated rings. The van der Waals surface area contributed by atoms with Gasteiger partial charge < -0.3 is 5.32 Å². The molecule has 0 unspecified atom stereocenters. The van der Waals surface area contributed by atoms with E-state index < -0.39 is 0 Å². The van der Waals surface area contributed by atoms with E-state index in [2.05, 4.69) is 20.3 Å². The van der Waals surface area contributed by atoms with Crippen molar-refractivity contribution in [3.8, 4) is 0 Å². The van der Waals surface area contributed by atoms with Crippen LogP contribution in [0.1, 0.15) is 22.8 Å². The zero-order chi connectivity index (χ0) is 10.8. The lowest BCUT2D eigenvalue weighted by Crippen LogP contribution is -2.02. The molecule has 0 spiro atoms. The summed E-state index contributed by atoms with van der Waals surface area (Å²) >= 11 is 0. The Bertz CT molecular complexity index is 496. The first-order valence-electron chi connectivity index (χ1n) is 5.36. The molecule has 0 saturated carbocycles. The van der Waals surface area contributed by atoms with Gasteiger partial charge in [-0.15, -0.1) is 0 Å². The van der Waals surface area contributed by atoms with Gasteiger partial charge in [-0.2, -0.15) is 0 Å². The number of pyridine rings is 1. The fourth-order valence-electron chi connectivity index (χ4n) is 1.85. The molecule has 0 saturated heterocycles. The Morgan fingerprint density at radius 2 is 2.19 bits per heavy atom. The summed E-state index contributed by atoms with van der Waals surface area (Å²) in [5.41, 5.74) is 3.35. The molecule has 4 heteroatoms. The van der Waals surface area contributed by atoms with Crippen molar-refractivity contribution < 1.29 is 0 Å². The first-order chi connectivity index (χ1) is 7.92. The normalized spacial score (nSPS) is 13.8. The fourth-order valence-corrected chi connectivity index (χ4v) is 1.85. The molecule has 1 N–H and O–H groups in total. The van der Waals surface area contributed by atoms with Gasteiger partial charge in [0.05, 0.1) is 12.1 Å². The van der Waals surface area contributed by atoms with E-state index in [0.717, 1.165) is 30.3 Å². The highest BCUT2D eigenvalue weighted by Crippen LogP contribution is 2.12. The molecular weight excluding hydrogens is 200 g/mol. The molecule has 0 bridgehead atoms. The predicted octanol–water partition coefficient (Wildman–Crippen LogP) is 1.07. The number of aromatic nitrogens is 3. The Labute approximate surface area is 93.8 Å². The number of hydrogen-bond acceptors (Lipinski definition) is 4. The fraction of sp³-hybridized carbons (Fsp3) is 0.250. The van der Waals surface area contributed by atoms with E-state index in [9.17, 15) is 0 Å². The van der Waals surface area contributed by atoms with Crippen LogP contribution in [0, 0.1) is 0 Å². The van der Waals surface area contributed by atoms with E-state index in [1.54, 1.807) is 6.20 Å². The Balaban J connectivity index is 1.86. The molecule has 16 heavy (non-hydrogen) atoms. The summed E-state index contributed by atoms with van der Waals surface area (Å²) in [6, 6.07) is 5.89. The summed E-state index contributed by atoms with van der Waals surface area (Å²) in [7, 11) is 0. The molecule has 80 valence electrons. The van der Waals surface area contributed by atoms with Crippen LogP contribution < -0.4 is 5.32 Å². The summed E-state index contributed by atoms with van der Waals surface area (Å²) in [4.78, 5) is 13.2. The van der Waals surface area contributed by atoms with Crippen LogP contribution in [0.3, 0.4) is 0 Å². The maximum atomic E-state index is 4.53. The molecule has 1 aliphatic rings. The third kappa shape index (κ3) is 1.79. The number of hydrogen-bond donors (Lipinski definition) is 1. The van der Waals surface area contributed by atoms with Crippen molar-refractivity contribution in [3.05, 3.63) is 53.4 Å². The van der Waals surface area contributed by atoms with Crippen LogP contribution in [0.4, 0.5) is 0 Å². The molecule has 0 aliphatic carbocycles. The van der Waals surface area contributed by atoms with Crippen molar-refractivity contribution in [1.82, 2.24) is 20.3 Å². The average Bonchev–Trinajstić information content (AvgIpc) is 2.77. The van der Waals surface area contributed by atoms with E-state index in [4.69, 9.17) is 0 Å². The lowest BCUT2D eigenvalue weighted by atomic mass is 10.2. The average molecular weight is 212 g/mol. The van der Waals surface area contributed by atoms with Crippen molar-refractivity contribution in [2.75, 3.05) is 0 Å². The zero-order valence-electron chi connectivity index (χ0n) is 8.85. The molecule has 0 radical (unpaired) electrons.